The van der Waals surface area contributed by atoms with Gasteiger partial charge in [-0.15, -0.1) is 12.4 Å². The summed E-state index contributed by atoms with van der Waals surface area (Å²) >= 11 is 0. The Kier molecular flexibility index (Phi) is 37.2. The molecule has 20 heavy (non-hydrogen) atoms. The predicted octanol–water partition coefficient (Wildman–Crippen LogP) is 2.01. The van der Waals surface area contributed by atoms with E-state index in [-0.39, 0.29) is 24.7 Å². The van der Waals surface area contributed by atoms with E-state index in [9.17, 15) is 9.59 Å². The van der Waals surface area contributed by atoms with Crippen molar-refractivity contribution in [1.29, 1.82) is 0 Å². The lowest BCUT2D eigenvalue weighted by Gasteiger charge is -1.96. The Morgan fingerprint density at radius 2 is 1.55 bits per heavy atom. The highest BCUT2D eigenvalue weighted by Gasteiger charge is 1.94. The van der Waals surface area contributed by atoms with Crippen molar-refractivity contribution >= 4 is 42.3 Å². The first kappa shape index (κ1) is 27.7. The molecule has 10 heteroatoms. The van der Waals surface area contributed by atoms with Gasteiger partial charge in [-0.1, -0.05) is 6.92 Å². The molecule has 0 fully saturated rings. The highest BCUT2D eigenvalue weighted by atomic mass is 35.5. The van der Waals surface area contributed by atoms with Crippen molar-refractivity contribution in [3.63, 3.8) is 0 Å². The third kappa shape index (κ3) is 43.3. The number of nitrogens with two attached hydrogens (primary N) is 1. The highest BCUT2D eigenvalue weighted by Crippen LogP contribution is 1.82. The highest BCUT2D eigenvalue weighted by molar-refractivity contribution is 7.04. The third-order valence-electron chi connectivity index (χ3n) is 1.26. The Morgan fingerprint density at radius 3 is 1.80 bits per heavy atom. The van der Waals surface area contributed by atoms with E-state index in [1.807, 2.05) is 13.8 Å². The van der Waals surface area contributed by atoms with E-state index in [1.54, 1.807) is 0 Å². The van der Waals surface area contributed by atoms with Crippen molar-refractivity contribution in [2.75, 3.05) is 26.2 Å². The van der Waals surface area contributed by atoms with Gasteiger partial charge in [0.05, 0.1) is 19.5 Å². The summed E-state index contributed by atoms with van der Waals surface area (Å²) in [6, 6.07) is 0. The van der Waals surface area contributed by atoms with Crippen molar-refractivity contribution in [3.05, 3.63) is 0 Å². The lowest BCUT2D eigenvalue weighted by Crippen LogP contribution is -2.22. The number of hydrogen-bond donors (Lipinski definition) is 3. The van der Waals surface area contributed by atoms with Gasteiger partial charge in [0.1, 0.15) is 0 Å². The number of halogens is 1. The predicted molar refractivity (Wildman–Crippen MR) is 88.7 cm³/mol. The van der Waals surface area contributed by atoms with Crippen LogP contribution in [0.25, 0.3) is 0 Å². The number of aliphatic carboxylic acids is 1. The third-order valence-corrected chi connectivity index (χ3v) is 1.71. The number of carbonyl (C=O) groups is 2. The summed E-state index contributed by atoms with van der Waals surface area (Å²) in [5, 5.41) is 10.6. The molecule has 120 valence electrons. The molecule has 0 rings (SSSR count). The van der Waals surface area contributed by atoms with Crippen LogP contribution in [0.4, 0.5) is 0 Å². The van der Waals surface area contributed by atoms with Crippen molar-refractivity contribution in [1.82, 2.24) is 5.32 Å². The summed E-state index contributed by atoms with van der Waals surface area (Å²) in [6.07, 6.45) is 0.570. The van der Waals surface area contributed by atoms with E-state index >= 15 is 0 Å². The van der Waals surface area contributed by atoms with Crippen LogP contribution in [0.5, 0.6) is 0 Å². The Labute approximate surface area is 131 Å². The Hall–Kier alpha value is -0.610. The fourth-order valence-corrected chi connectivity index (χ4v) is 0.818. The molecular formula is C10H25ClN4O3P2. The molecule has 0 aliphatic carbocycles. The van der Waals surface area contributed by atoms with E-state index in [1.165, 1.54) is 0 Å². The minimum Gasteiger partial charge on any atom is -0.481 e. The quantitative estimate of drug-likeness (QED) is 0.611. The molecule has 0 aromatic carbocycles. The average Bonchev–Trinajstić information content (AvgIpc) is 2.36. The number of hydrogen-bond acceptors (Lipinski definition) is 5. The molecule has 0 unspecified atom stereocenters. The van der Waals surface area contributed by atoms with Gasteiger partial charge < -0.3 is 16.2 Å². The topological polar surface area (TPSA) is 117 Å². The van der Waals surface area contributed by atoms with Gasteiger partial charge in [-0.05, 0) is 31.5 Å². The minimum atomic E-state index is -0.818. The van der Waals surface area contributed by atoms with E-state index in [0.29, 0.717) is 26.1 Å². The van der Waals surface area contributed by atoms with Crippen molar-refractivity contribution in [3.8, 4) is 0 Å². The van der Waals surface area contributed by atoms with E-state index in [2.05, 4.69) is 32.9 Å². The second-order valence-electron chi connectivity index (χ2n) is 3.02. The minimum absolute atomic E-state index is 0. The number of nitrogens with one attached hydrogen (secondary N) is 1. The van der Waals surface area contributed by atoms with Crippen LogP contribution in [0.2, 0.25) is 0 Å². The summed E-state index contributed by atoms with van der Waals surface area (Å²) in [7, 11) is 5.70. The first-order valence-corrected chi connectivity index (χ1v) is 6.74. The fourth-order valence-electron chi connectivity index (χ4n) is 0.595. The molecular weight excluding hydrogens is 322 g/mol. The molecule has 0 aliphatic heterocycles. The average molecular weight is 347 g/mol. The van der Waals surface area contributed by atoms with E-state index in [0.717, 1.165) is 6.54 Å². The van der Waals surface area contributed by atoms with Gasteiger partial charge in [0.25, 0.3) is 0 Å². The summed E-state index contributed by atoms with van der Waals surface area (Å²) in [5.74, 6) is -0.762. The van der Waals surface area contributed by atoms with Gasteiger partial charge in [0.15, 0.2) is 0 Å². The number of carboxylic acid groups (broad SMARTS) is 1. The van der Waals surface area contributed by atoms with Gasteiger partial charge in [0.2, 0.25) is 5.91 Å². The lowest BCUT2D eigenvalue weighted by atomic mass is 10.4. The molecule has 7 nitrogen and oxygen atoms in total. The smallest absolute Gasteiger partial charge is 0.305 e. The molecule has 0 saturated carbocycles. The number of carbonyl (C=O) groups excluding carboxylic acids is 1. The molecule has 0 spiro atoms. The molecule has 1 amide bonds. The molecule has 0 saturated heterocycles. The van der Waals surface area contributed by atoms with Crippen LogP contribution < -0.4 is 11.1 Å². The number of amides is 1. The standard InChI is InChI=1S/C5H11N2OP.C3H6NO2P.C2H7N.ClH/c1-2-6-5(8)3-4-7-9;5-3(6)1-2-4-7;1-2-3;/h9H,2-4H2,1H3,(H,6,8);7H,1-2H2,(H,5,6);2-3H2,1H3;1H. The van der Waals surface area contributed by atoms with Crippen molar-refractivity contribution in [2.45, 2.75) is 26.7 Å². The Morgan fingerprint density at radius 1 is 1.15 bits per heavy atom. The maximum absolute atomic E-state index is 10.6. The van der Waals surface area contributed by atoms with Crippen LogP contribution in [0.1, 0.15) is 26.7 Å². The van der Waals surface area contributed by atoms with Gasteiger partial charge in [0, 0.05) is 13.0 Å². The lowest BCUT2D eigenvalue weighted by molar-refractivity contribution is -0.136. The normalized spacial score (nSPS) is 7.55. The van der Waals surface area contributed by atoms with Gasteiger partial charge in [-0.2, -0.15) is 0 Å². The SMILES string of the molecule is CCN.CCNC(=O)CCN=P.Cl.O=C(O)CCN=P. The second kappa shape index (κ2) is 26.9. The largest absolute Gasteiger partial charge is 0.481 e. The molecule has 0 radical (unpaired) electrons. The van der Waals surface area contributed by atoms with Crippen LogP contribution in [0, 0.1) is 0 Å². The zero-order chi connectivity index (χ0) is 15.5. The monoisotopic (exact) mass is 346 g/mol. The van der Waals surface area contributed by atoms with Crippen LogP contribution >= 0.6 is 30.5 Å². The number of carboxylic acids is 1. The number of nitrogens with zero attached hydrogens (tertiary/aromatic N) is 2. The zero-order valence-corrected chi connectivity index (χ0v) is 14.7. The number of rotatable bonds is 7. The summed E-state index contributed by atoms with van der Waals surface area (Å²) in [5.41, 5.74) is 4.85. The molecule has 0 aromatic rings. The first-order chi connectivity index (χ1) is 8.99. The summed E-state index contributed by atoms with van der Waals surface area (Å²) in [6.45, 7) is 6.12. The van der Waals surface area contributed by atoms with Gasteiger partial charge >= 0.3 is 5.97 Å². The van der Waals surface area contributed by atoms with Crippen molar-refractivity contribution < 1.29 is 14.7 Å². The molecule has 0 aromatic heterocycles. The van der Waals surface area contributed by atoms with E-state index in [4.69, 9.17) is 10.8 Å². The molecule has 4 N–H and O–H groups in total. The first-order valence-electron chi connectivity index (χ1n) is 5.84. The summed E-state index contributed by atoms with van der Waals surface area (Å²) < 4.78 is 7.00. The van der Waals surface area contributed by atoms with Crippen LogP contribution in [0.3, 0.4) is 0 Å². The van der Waals surface area contributed by atoms with E-state index < -0.39 is 5.97 Å². The Balaban J connectivity index is -0.000000105. The van der Waals surface area contributed by atoms with Crippen LogP contribution in [0.15, 0.2) is 9.49 Å². The summed E-state index contributed by atoms with van der Waals surface area (Å²) in [4.78, 5) is 20.3. The van der Waals surface area contributed by atoms with Crippen molar-refractivity contribution in [2.24, 2.45) is 15.2 Å². The maximum atomic E-state index is 10.6. The molecule has 0 heterocycles. The maximum Gasteiger partial charge on any atom is 0.305 e. The van der Waals surface area contributed by atoms with Gasteiger partial charge in [-0.3, -0.25) is 19.1 Å². The fraction of sp³-hybridized carbons (Fsp3) is 0.800. The van der Waals surface area contributed by atoms with Crippen LogP contribution in [-0.4, -0.2) is 43.2 Å². The molecule has 0 atom stereocenters. The van der Waals surface area contributed by atoms with Crippen LogP contribution in [-0.2, 0) is 9.59 Å². The zero-order valence-electron chi connectivity index (χ0n) is 11.9. The molecule has 0 aliphatic rings. The molecule has 0 bridgehead atoms. The van der Waals surface area contributed by atoms with Gasteiger partial charge in [-0.25, -0.2) is 0 Å². The second-order valence-corrected chi connectivity index (χ2v) is 3.65. The Bertz CT molecular complexity index is 259.